The molecule has 3 aromatic heterocycles. The van der Waals surface area contributed by atoms with Gasteiger partial charge < -0.3 is 14.6 Å². The van der Waals surface area contributed by atoms with E-state index in [1.165, 1.54) is 10.0 Å². The number of benzene rings is 1. The molecule has 0 spiro atoms. The first-order valence-corrected chi connectivity index (χ1v) is 11.7. The number of fused-ring (bicyclic) bond motifs is 1. The van der Waals surface area contributed by atoms with Crippen molar-refractivity contribution >= 4 is 26.7 Å². The maximum atomic E-state index is 13.5. The molecule has 0 amide bonds. The van der Waals surface area contributed by atoms with Crippen LogP contribution in [0.15, 0.2) is 70.7 Å². The van der Waals surface area contributed by atoms with Crippen molar-refractivity contribution in [2.45, 2.75) is 11.8 Å². The van der Waals surface area contributed by atoms with E-state index in [-0.39, 0.29) is 10.5 Å². The minimum Gasteiger partial charge on any atom is -0.378 e. The maximum Gasteiger partial charge on any atom is 0.269 e. The second kappa shape index (κ2) is 7.92. The first-order valence-electron chi connectivity index (χ1n) is 10.3. The Labute approximate surface area is 185 Å². The first-order chi connectivity index (χ1) is 15.4. The Balaban J connectivity index is 1.73. The number of aromatic amines is 1. The van der Waals surface area contributed by atoms with Crippen LogP contribution in [-0.4, -0.2) is 48.7 Å². The van der Waals surface area contributed by atoms with Gasteiger partial charge in [0.05, 0.1) is 30.0 Å². The highest BCUT2D eigenvalue weighted by molar-refractivity contribution is 7.90. The Morgan fingerprint density at radius 1 is 1.06 bits per heavy atom. The van der Waals surface area contributed by atoms with Gasteiger partial charge in [0.25, 0.3) is 10.0 Å². The molecule has 1 fully saturated rings. The summed E-state index contributed by atoms with van der Waals surface area (Å²) in [5.41, 5.74) is 3.16. The lowest BCUT2D eigenvalue weighted by Crippen LogP contribution is -2.36. The van der Waals surface area contributed by atoms with Crippen LogP contribution >= 0.6 is 0 Å². The zero-order chi connectivity index (χ0) is 22.3. The Morgan fingerprint density at radius 3 is 2.53 bits per heavy atom. The van der Waals surface area contributed by atoms with Crippen LogP contribution in [0, 0.1) is 6.92 Å². The molecule has 32 heavy (non-hydrogen) atoms. The summed E-state index contributed by atoms with van der Waals surface area (Å²) < 4.78 is 33.6. The summed E-state index contributed by atoms with van der Waals surface area (Å²) >= 11 is 0. The largest absolute Gasteiger partial charge is 0.378 e. The summed E-state index contributed by atoms with van der Waals surface area (Å²) in [6.45, 7) is 4.62. The number of hydrogen-bond acceptors (Lipinski definition) is 6. The van der Waals surface area contributed by atoms with Crippen molar-refractivity contribution in [3.05, 3.63) is 77.0 Å². The number of rotatable bonds is 4. The normalized spacial score (nSPS) is 14.7. The fourth-order valence-electron chi connectivity index (χ4n) is 3.91. The number of hydrogen-bond donors (Lipinski definition) is 1. The van der Waals surface area contributed by atoms with Crippen LogP contribution in [0.25, 0.3) is 22.2 Å². The van der Waals surface area contributed by atoms with E-state index in [0.717, 1.165) is 24.3 Å². The number of H-pyrrole nitrogens is 1. The Hall–Kier alpha value is -3.43. The lowest BCUT2D eigenvalue weighted by Gasteiger charge is -2.28. The molecular weight excluding hydrogens is 428 g/mol. The van der Waals surface area contributed by atoms with Crippen molar-refractivity contribution in [2.75, 3.05) is 31.2 Å². The van der Waals surface area contributed by atoms with Gasteiger partial charge in [-0.05, 0) is 36.8 Å². The Bertz CT molecular complexity index is 1450. The summed E-state index contributed by atoms with van der Waals surface area (Å²) in [6.07, 6.45) is 4.79. The van der Waals surface area contributed by atoms with E-state index in [9.17, 15) is 13.2 Å². The molecule has 0 bridgehead atoms. The molecule has 8 nitrogen and oxygen atoms in total. The summed E-state index contributed by atoms with van der Waals surface area (Å²) in [7, 11) is -3.88. The lowest BCUT2D eigenvalue weighted by molar-refractivity contribution is 0.122. The molecule has 1 saturated heterocycles. The second-order valence-corrected chi connectivity index (χ2v) is 9.58. The smallest absolute Gasteiger partial charge is 0.269 e. The van der Waals surface area contributed by atoms with Crippen LogP contribution in [-0.2, 0) is 14.8 Å². The molecule has 1 aromatic carbocycles. The third-order valence-electron chi connectivity index (χ3n) is 5.64. The number of nitrogens with one attached hydrogen (secondary N) is 1. The SMILES string of the molecule is Cc1ccc(S(=O)(=O)n2cc(-c3cc[nH]c(=O)c3)c3cc(N4CCOCC4)cnc32)cc1. The van der Waals surface area contributed by atoms with Crippen molar-refractivity contribution in [3.8, 4) is 11.1 Å². The van der Waals surface area contributed by atoms with Gasteiger partial charge in [0.1, 0.15) is 0 Å². The fourth-order valence-corrected chi connectivity index (χ4v) is 5.24. The standard InChI is InChI=1S/C23H22N4O4S/c1-16-2-4-19(5-3-16)32(29,30)27-15-21(17-6-7-24-22(28)12-17)20-13-18(14-25-23(20)27)26-8-10-31-11-9-26/h2-7,12-15H,8-11H2,1H3,(H,24,28). The average molecular weight is 451 g/mol. The summed E-state index contributed by atoms with van der Waals surface area (Å²) in [4.78, 5) is 21.4. The third kappa shape index (κ3) is 3.59. The molecule has 0 unspecified atom stereocenters. The molecule has 0 saturated carbocycles. The van der Waals surface area contributed by atoms with Gasteiger partial charge in [-0.15, -0.1) is 0 Å². The van der Waals surface area contributed by atoms with Crippen LogP contribution in [0.4, 0.5) is 5.69 Å². The average Bonchev–Trinajstić information content (AvgIpc) is 3.20. The zero-order valence-electron chi connectivity index (χ0n) is 17.5. The fraction of sp³-hybridized carbons (Fsp3) is 0.217. The van der Waals surface area contributed by atoms with Gasteiger partial charge in [-0.2, -0.15) is 0 Å². The van der Waals surface area contributed by atoms with Crippen LogP contribution in [0.2, 0.25) is 0 Å². The van der Waals surface area contributed by atoms with E-state index in [1.807, 2.05) is 13.0 Å². The highest BCUT2D eigenvalue weighted by Crippen LogP contribution is 2.34. The van der Waals surface area contributed by atoms with E-state index in [1.54, 1.807) is 48.9 Å². The van der Waals surface area contributed by atoms with Crippen molar-refractivity contribution in [1.29, 1.82) is 0 Å². The van der Waals surface area contributed by atoms with Crippen molar-refractivity contribution in [1.82, 2.24) is 13.9 Å². The predicted octanol–water partition coefficient (Wildman–Crippen LogP) is 2.77. The molecule has 4 heterocycles. The topological polar surface area (TPSA) is 97.3 Å². The Morgan fingerprint density at radius 2 is 1.81 bits per heavy atom. The molecule has 5 rings (SSSR count). The van der Waals surface area contributed by atoms with Gasteiger partial charge in [0.2, 0.25) is 5.56 Å². The molecule has 4 aromatic rings. The van der Waals surface area contributed by atoms with Crippen LogP contribution in [0.5, 0.6) is 0 Å². The third-order valence-corrected chi connectivity index (χ3v) is 7.30. The highest BCUT2D eigenvalue weighted by atomic mass is 32.2. The van der Waals surface area contributed by atoms with Crippen molar-refractivity contribution in [2.24, 2.45) is 0 Å². The van der Waals surface area contributed by atoms with Gasteiger partial charge >= 0.3 is 0 Å². The minimum absolute atomic E-state index is 0.177. The van der Waals surface area contributed by atoms with E-state index in [0.29, 0.717) is 35.4 Å². The molecule has 1 aliphatic heterocycles. The first kappa shape index (κ1) is 20.5. The van der Waals surface area contributed by atoms with Gasteiger partial charge in [-0.1, -0.05) is 17.7 Å². The lowest BCUT2D eigenvalue weighted by atomic mass is 10.1. The van der Waals surface area contributed by atoms with Crippen molar-refractivity contribution in [3.63, 3.8) is 0 Å². The van der Waals surface area contributed by atoms with Crippen LogP contribution < -0.4 is 10.5 Å². The number of nitrogens with zero attached hydrogens (tertiary/aromatic N) is 3. The number of anilines is 1. The van der Waals surface area contributed by atoms with E-state index >= 15 is 0 Å². The number of aromatic nitrogens is 3. The van der Waals surface area contributed by atoms with Crippen LogP contribution in [0.1, 0.15) is 5.56 Å². The van der Waals surface area contributed by atoms with Gasteiger partial charge in [-0.3, -0.25) is 4.79 Å². The molecule has 164 valence electrons. The number of pyridine rings is 2. The summed E-state index contributed by atoms with van der Waals surface area (Å²) in [5.74, 6) is 0. The highest BCUT2D eigenvalue weighted by Gasteiger charge is 2.24. The quantitative estimate of drug-likeness (QED) is 0.514. The molecule has 9 heteroatoms. The second-order valence-electron chi connectivity index (χ2n) is 7.76. The number of aryl methyl sites for hydroxylation is 1. The minimum atomic E-state index is -3.88. The van der Waals surface area contributed by atoms with Gasteiger partial charge in [0.15, 0.2) is 5.65 Å². The van der Waals surface area contributed by atoms with Crippen LogP contribution in [0.3, 0.4) is 0 Å². The molecule has 0 atom stereocenters. The molecular formula is C23H22N4O4S. The monoisotopic (exact) mass is 450 g/mol. The van der Waals surface area contributed by atoms with Gasteiger partial charge in [-0.25, -0.2) is 17.4 Å². The maximum absolute atomic E-state index is 13.5. The number of morpholine rings is 1. The summed E-state index contributed by atoms with van der Waals surface area (Å²) in [6, 6.07) is 11.8. The molecule has 1 aliphatic rings. The Kier molecular flexibility index (Phi) is 5.07. The van der Waals surface area contributed by atoms with E-state index < -0.39 is 10.0 Å². The summed E-state index contributed by atoms with van der Waals surface area (Å²) in [5, 5.41) is 0.662. The van der Waals surface area contributed by atoms with E-state index in [4.69, 9.17) is 4.74 Å². The van der Waals surface area contributed by atoms with E-state index in [2.05, 4.69) is 14.9 Å². The van der Waals surface area contributed by atoms with Crippen molar-refractivity contribution < 1.29 is 13.2 Å². The zero-order valence-corrected chi connectivity index (χ0v) is 18.3. The molecule has 1 N–H and O–H groups in total. The number of ether oxygens (including phenoxy) is 1. The molecule has 0 radical (unpaired) electrons. The van der Waals surface area contributed by atoms with Gasteiger partial charge in [0, 0.05) is 42.5 Å². The molecule has 0 aliphatic carbocycles. The predicted molar refractivity (Wildman–Crippen MR) is 123 cm³/mol.